The molecule has 0 fully saturated rings. The molecule has 0 N–H and O–H groups in total. The van der Waals surface area contributed by atoms with E-state index < -0.39 is 0 Å². The molecule has 0 saturated heterocycles. The van der Waals surface area contributed by atoms with Crippen molar-refractivity contribution in [3.63, 3.8) is 0 Å². The molecule has 116 valence electrons. The fourth-order valence-electron chi connectivity index (χ4n) is 2.70. The molecule has 0 saturated carbocycles. The number of benzene rings is 1. The molecule has 4 aromatic rings. The van der Waals surface area contributed by atoms with Crippen molar-refractivity contribution in [1.82, 2.24) is 28.9 Å². The van der Waals surface area contributed by atoms with Gasteiger partial charge in [-0.1, -0.05) is 11.6 Å². The average molecular weight is 329 g/mol. The van der Waals surface area contributed by atoms with Crippen molar-refractivity contribution in [1.29, 1.82) is 0 Å². The molecule has 0 spiro atoms. The smallest absolute Gasteiger partial charge is 0.264 e. The van der Waals surface area contributed by atoms with Crippen molar-refractivity contribution in [2.24, 2.45) is 14.1 Å². The van der Waals surface area contributed by atoms with Gasteiger partial charge < -0.3 is 4.57 Å². The zero-order valence-electron chi connectivity index (χ0n) is 12.6. The minimum atomic E-state index is -0.131. The Kier molecular flexibility index (Phi) is 2.99. The molecule has 8 heteroatoms. The standard InChI is InChI=1S/C15H13ClN6O/c1-20-12-4-3-9(16)5-11(12)19-13(20)7-22-8-17-14-10(15(22)23)6-18-21(14)2/h3-6,8H,7H2,1-2H3. The third-order valence-electron chi connectivity index (χ3n) is 3.97. The van der Waals surface area contributed by atoms with Gasteiger partial charge in [0.05, 0.1) is 23.8 Å². The van der Waals surface area contributed by atoms with Gasteiger partial charge in [0.15, 0.2) is 5.65 Å². The van der Waals surface area contributed by atoms with Gasteiger partial charge in [-0.25, -0.2) is 9.97 Å². The van der Waals surface area contributed by atoms with E-state index in [1.54, 1.807) is 11.7 Å². The summed E-state index contributed by atoms with van der Waals surface area (Å²) in [6.45, 7) is 0.333. The summed E-state index contributed by atoms with van der Waals surface area (Å²) in [6, 6.07) is 5.55. The van der Waals surface area contributed by atoms with Crippen molar-refractivity contribution in [2.45, 2.75) is 6.54 Å². The summed E-state index contributed by atoms with van der Waals surface area (Å²) in [5.74, 6) is 0.759. The van der Waals surface area contributed by atoms with E-state index >= 15 is 0 Å². The van der Waals surface area contributed by atoms with Crippen molar-refractivity contribution >= 4 is 33.7 Å². The normalized spacial score (nSPS) is 11.6. The first-order valence-corrected chi connectivity index (χ1v) is 7.40. The van der Waals surface area contributed by atoms with Gasteiger partial charge in [-0.15, -0.1) is 0 Å². The van der Waals surface area contributed by atoms with E-state index in [-0.39, 0.29) is 5.56 Å². The fourth-order valence-corrected chi connectivity index (χ4v) is 2.86. The van der Waals surface area contributed by atoms with Crippen LogP contribution in [0.3, 0.4) is 0 Å². The first-order valence-electron chi connectivity index (χ1n) is 7.02. The molecule has 7 nitrogen and oxygen atoms in total. The first-order chi connectivity index (χ1) is 11.0. The Morgan fingerprint density at radius 3 is 2.91 bits per heavy atom. The SMILES string of the molecule is Cn1ncc2c(=O)n(Cc3nc4cc(Cl)ccc4n3C)cnc21. The molecule has 3 aromatic heterocycles. The zero-order valence-corrected chi connectivity index (χ0v) is 13.3. The van der Waals surface area contributed by atoms with Crippen LogP contribution < -0.4 is 5.56 Å². The van der Waals surface area contributed by atoms with Gasteiger partial charge >= 0.3 is 0 Å². The van der Waals surface area contributed by atoms with Crippen LogP contribution in [-0.2, 0) is 20.6 Å². The number of fused-ring (bicyclic) bond motifs is 2. The largest absolute Gasteiger partial charge is 0.330 e. The molecular formula is C15H13ClN6O. The third-order valence-corrected chi connectivity index (χ3v) is 4.20. The number of hydrogen-bond donors (Lipinski definition) is 0. The summed E-state index contributed by atoms with van der Waals surface area (Å²) in [7, 11) is 3.67. The Morgan fingerprint density at radius 1 is 1.26 bits per heavy atom. The van der Waals surface area contributed by atoms with E-state index in [1.165, 1.54) is 17.1 Å². The Morgan fingerprint density at radius 2 is 2.09 bits per heavy atom. The molecule has 0 amide bonds. The summed E-state index contributed by atoms with van der Waals surface area (Å²) < 4.78 is 5.07. The average Bonchev–Trinajstić information content (AvgIpc) is 3.04. The summed E-state index contributed by atoms with van der Waals surface area (Å²) in [4.78, 5) is 21.4. The first kappa shape index (κ1) is 14.0. The Balaban J connectivity index is 1.83. The summed E-state index contributed by atoms with van der Waals surface area (Å²) in [6.07, 6.45) is 3.06. The quantitative estimate of drug-likeness (QED) is 0.562. The number of aryl methyl sites for hydroxylation is 2. The van der Waals surface area contributed by atoms with E-state index in [9.17, 15) is 4.79 Å². The highest BCUT2D eigenvalue weighted by Crippen LogP contribution is 2.20. The number of halogens is 1. The van der Waals surface area contributed by atoms with Crippen LogP contribution in [0.1, 0.15) is 5.82 Å². The van der Waals surface area contributed by atoms with Crippen LogP contribution in [0.15, 0.2) is 35.5 Å². The summed E-state index contributed by atoms with van der Waals surface area (Å²) in [5.41, 5.74) is 2.21. The second-order valence-electron chi connectivity index (χ2n) is 5.40. The predicted molar refractivity (Wildman–Crippen MR) is 87.6 cm³/mol. The van der Waals surface area contributed by atoms with E-state index in [0.717, 1.165) is 16.9 Å². The highest BCUT2D eigenvalue weighted by Gasteiger charge is 2.12. The Bertz CT molecular complexity index is 1110. The number of nitrogens with zero attached hydrogens (tertiary/aromatic N) is 6. The van der Waals surface area contributed by atoms with Crippen molar-refractivity contribution in [2.75, 3.05) is 0 Å². The van der Waals surface area contributed by atoms with Crippen molar-refractivity contribution < 1.29 is 0 Å². The van der Waals surface area contributed by atoms with E-state index in [2.05, 4.69) is 15.1 Å². The number of hydrogen-bond acceptors (Lipinski definition) is 4. The summed E-state index contributed by atoms with van der Waals surface area (Å²) >= 11 is 6.01. The van der Waals surface area contributed by atoms with Gasteiger partial charge in [-0.3, -0.25) is 14.0 Å². The molecule has 0 aliphatic heterocycles. The molecular weight excluding hydrogens is 316 g/mol. The van der Waals surface area contributed by atoms with Crippen LogP contribution >= 0.6 is 11.6 Å². The highest BCUT2D eigenvalue weighted by molar-refractivity contribution is 6.31. The third kappa shape index (κ3) is 2.12. The lowest BCUT2D eigenvalue weighted by Crippen LogP contribution is -2.22. The minimum absolute atomic E-state index is 0.131. The van der Waals surface area contributed by atoms with Crippen LogP contribution in [0.5, 0.6) is 0 Å². The molecule has 4 rings (SSSR count). The fraction of sp³-hybridized carbons (Fsp3) is 0.200. The molecule has 3 heterocycles. The molecule has 0 aliphatic carbocycles. The monoisotopic (exact) mass is 328 g/mol. The topological polar surface area (TPSA) is 70.5 Å². The second kappa shape index (κ2) is 4.92. The Labute approximate surface area is 135 Å². The molecule has 23 heavy (non-hydrogen) atoms. The summed E-state index contributed by atoms with van der Waals surface area (Å²) in [5, 5.41) is 5.21. The highest BCUT2D eigenvalue weighted by atomic mass is 35.5. The minimum Gasteiger partial charge on any atom is -0.330 e. The van der Waals surface area contributed by atoms with Crippen LogP contribution in [0.25, 0.3) is 22.1 Å². The van der Waals surface area contributed by atoms with E-state index in [1.807, 2.05) is 29.8 Å². The second-order valence-corrected chi connectivity index (χ2v) is 5.84. The van der Waals surface area contributed by atoms with Crippen LogP contribution in [0, 0.1) is 0 Å². The van der Waals surface area contributed by atoms with Gasteiger partial charge in [0.25, 0.3) is 5.56 Å². The van der Waals surface area contributed by atoms with E-state index in [0.29, 0.717) is 22.6 Å². The molecule has 0 atom stereocenters. The van der Waals surface area contributed by atoms with Gasteiger partial charge in [0.1, 0.15) is 17.5 Å². The number of imidazole rings is 1. The lowest BCUT2D eigenvalue weighted by molar-refractivity contribution is 0.677. The maximum atomic E-state index is 12.5. The lowest BCUT2D eigenvalue weighted by Gasteiger charge is -2.05. The molecule has 1 aromatic carbocycles. The van der Waals surface area contributed by atoms with Crippen molar-refractivity contribution in [3.8, 4) is 0 Å². The molecule has 0 unspecified atom stereocenters. The maximum absolute atomic E-state index is 12.5. The number of aromatic nitrogens is 6. The zero-order chi connectivity index (χ0) is 16.1. The van der Waals surface area contributed by atoms with E-state index in [4.69, 9.17) is 11.6 Å². The van der Waals surface area contributed by atoms with Crippen LogP contribution in [0.2, 0.25) is 5.02 Å². The number of rotatable bonds is 2. The van der Waals surface area contributed by atoms with Gasteiger partial charge in [-0.05, 0) is 18.2 Å². The molecule has 0 radical (unpaired) electrons. The maximum Gasteiger partial charge on any atom is 0.264 e. The molecule has 0 aliphatic rings. The lowest BCUT2D eigenvalue weighted by atomic mass is 10.3. The van der Waals surface area contributed by atoms with Gasteiger partial charge in [-0.2, -0.15) is 5.10 Å². The van der Waals surface area contributed by atoms with Crippen LogP contribution in [0.4, 0.5) is 0 Å². The molecule has 0 bridgehead atoms. The predicted octanol–water partition coefficient (Wildman–Crippen LogP) is 1.72. The Hall–Kier alpha value is -2.67. The van der Waals surface area contributed by atoms with Crippen LogP contribution in [-0.4, -0.2) is 28.9 Å². The van der Waals surface area contributed by atoms with Gasteiger partial charge in [0.2, 0.25) is 0 Å². The van der Waals surface area contributed by atoms with Gasteiger partial charge in [0, 0.05) is 19.1 Å². The van der Waals surface area contributed by atoms with Crippen molar-refractivity contribution in [3.05, 3.63) is 51.9 Å².